The monoisotopic (exact) mass is 298 g/mol. The molecule has 1 saturated heterocycles. The molecule has 6 nitrogen and oxygen atoms in total. The van der Waals surface area contributed by atoms with Crippen LogP contribution in [0.15, 0.2) is 0 Å². The summed E-state index contributed by atoms with van der Waals surface area (Å²) in [6.07, 6.45) is 5.35. The Balaban J connectivity index is 1.82. The summed E-state index contributed by atoms with van der Waals surface area (Å²) < 4.78 is 10.1. The summed E-state index contributed by atoms with van der Waals surface area (Å²) in [5, 5.41) is 0. The van der Waals surface area contributed by atoms with E-state index >= 15 is 0 Å². The highest BCUT2D eigenvalue weighted by molar-refractivity contribution is 5.79. The fourth-order valence-corrected chi connectivity index (χ4v) is 3.09. The molecule has 1 aliphatic heterocycles. The van der Waals surface area contributed by atoms with Gasteiger partial charge in [-0.25, -0.2) is 4.79 Å². The molecule has 0 aromatic rings. The lowest BCUT2D eigenvalue weighted by molar-refractivity contribution is -0.161. The van der Waals surface area contributed by atoms with Crippen LogP contribution in [0.2, 0.25) is 0 Å². The number of carbonyl (C=O) groups excluding carboxylic acids is 2. The van der Waals surface area contributed by atoms with Crippen LogP contribution in [0, 0.1) is 0 Å². The average Bonchev–Trinajstić information content (AvgIpc) is 2.54. The van der Waals surface area contributed by atoms with Crippen molar-refractivity contribution >= 4 is 11.9 Å². The molecule has 1 atom stereocenters. The molecule has 2 rings (SSSR count). The van der Waals surface area contributed by atoms with Crippen LogP contribution in [-0.2, 0) is 19.1 Å². The van der Waals surface area contributed by atoms with Gasteiger partial charge in [-0.05, 0) is 12.8 Å². The van der Waals surface area contributed by atoms with Crippen LogP contribution in [0.3, 0.4) is 0 Å². The number of methoxy groups -OCH3 is 1. The Morgan fingerprint density at radius 1 is 1.29 bits per heavy atom. The number of rotatable bonds is 4. The van der Waals surface area contributed by atoms with Gasteiger partial charge >= 0.3 is 5.97 Å². The fourth-order valence-electron chi connectivity index (χ4n) is 3.09. The van der Waals surface area contributed by atoms with Gasteiger partial charge in [-0.1, -0.05) is 19.3 Å². The Bertz CT molecular complexity index is 369. The minimum Gasteiger partial charge on any atom is -0.467 e. The second-order valence-electron chi connectivity index (χ2n) is 5.91. The Kier molecular flexibility index (Phi) is 5.99. The summed E-state index contributed by atoms with van der Waals surface area (Å²) in [7, 11) is 3.25. The van der Waals surface area contributed by atoms with Crippen molar-refractivity contribution in [2.75, 3.05) is 40.4 Å². The highest BCUT2D eigenvalue weighted by atomic mass is 16.6. The molecule has 1 aliphatic carbocycles. The van der Waals surface area contributed by atoms with Crippen molar-refractivity contribution in [3.63, 3.8) is 0 Å². The van der Waals surface area contributed by atoms with E-state index in [0.29, 0.717) is 32.3 Å². The lowest BCUT2D eigenvalue weighted by Gasteiger charge is -2.35. The molecule has 21 heavy (non-hydrogen) atoms. The van der Waals surface area contributed by atoms with Crippen molar-refractivity contribution in [1.82, 2.24) is 9.80 Å². The molecule has 1 amide bonds. The van der Waals surface area contributed by atoms with Gasteiger partial charge in [0.1, 0.15) is 0 Å². The van der Waals surface area contributed by atoms with Crippen LogP contribution < -0.4 is 0 Å². The summed E-state index contributed by atoms with van der Waals surface area (Å²) in [5.74, 6) is -0.236. The maximum atomic E-state index is 12.4. The average molecular weight is 298 g/mol. The van der Waals surface area contributed by atoms with Gasteiger partial charge in [0.25, 0.3) is 0 Å². The summed E-state index contributed by atoms with van der Waals surface area (Å²) >= 11 is 0. The summed E-state index contributed by atoms with van der Waals surface area (Å²) in [5.41, 5.74) is 0. The second-order valence-corrected chi connectivity index (χ2v) is 5.91. The highest BCUT2D eigenvalue weighted by Gasteiger charge is 2.30. The van der Waals surface area contributed by atoms with E-state index in [1.54, 1.807) is 0 Å². The maximum absolute atomic E-state index is 12.4. The van der Waals surface area contributed by atoms with Crippen molar-refractivity contribution < 1.29 is 19.1 Å². The Hall–Kier alpha value is -1.14. The second kappa shape index (κ2) is 7.75. The number of nitrogens with zero attached hydrogens (tertiary/aromatic N) is 2. The van der Waals surface area contributed by atoms with Crippen LogP contribution in [0.25, 0.3) is 0 Å². The summed E-state index contributed by atoms with van der Waals surface area (Å²) in [4.78, 5) is 27.8. The lowest BCUT2D eigenvalue weighted by Crippen LogP contribution is -2.51. The molecular weight excluding hydrogens is 272 g/mol. The standard InChI is InChI=1S/C15H26N2O4/c1-16(12-6-4-3-5-7-12)14(18)11-17-8-9-21-13(10-17)15(19)20-2/h12-13H,3-11H2,1-2H3. The molecule has 0 N–H and O–H groups in total. The third-order valence-electron chi connectivity index (χ3n) is 4.49. The third-order valence-corrected chi connectivity index (χ3v) is 4.49. The molecule has 0 bridgehead atoms. The molecule has 6 heteroatoms. The molecule has 2 aliphatic rings. The number of amides is 1. The number of esters is 1. The van der Waals surface area contributed by atoms with Gasteiger partial charge in [0.2, 0.25) is 5.91 Å². The van der Waals surface area contributed by atoms with E-state index in [4.69, 9.17) is 9.47 Å². The van der Waals surface area contributed by atoms with E-state index < -0.39 is 6.10 Å². The maximum Gasteiger partial charge on any atom is 0.336 e. The Morgan fingerprint density at radius 2 is 2.00 bits per heavy atom. The zero-order valence-corrected chi connectivity index (χ0v) is 13.0. The number of morpholine rings is 1. The number of hydrogen-bond acceptors (Lipinski definition) is 5. The molecule has 1 unspecified atom stereocenters. The zero-order chi connectivity index (χ0) is 15.2. The SMILES string of the molecule is COC(=O)C1CN(CC(=O)N(C)C2CCCCC2)CCO1. The smallest absolute Gasteiger partial charge is 0.336 e. The van der Waals surface area contributed by atoms with Crippen molar-refractivity contribution in [3.8, 4) is 0 Å². The number of carbonyl (C=O) groups is 2. The highest BCUT2D eigenvalue weighted by Crippen LogP contribution is 2.21. The Labute approximate surface area is 126 Å². The molecule has 2 fully saturated rings. The predicted octanol–water partition coefficient (Wildman–Crippen LogP) is 0.651. The predicted molar refractivity (Wildman–Crippen MR) is 77.8 cm³/mol. The molecule has 0 radical (unpaired) electrons. The van der Waals surface area contributed by atoms with Crippen LogP contribution >= 0.6 is 0 Å². The van der Waals surface area contributed by atoms with E-state index in [9.17, 15) is 9.59 Å². The first kappa shape index (κ1) is 16.2. The summed E-state index contributed by atoms with van der Waals surface area (Å²) in [6.45, 7) is 1.92. The minimum absolute atomic E-state index is 0.132. The van der Waals surface area contributed by atoms with E-state index in [0.717, 1.165) is 12.8 Å². The fraction of sp³-hybridized carbons (Fsp3) is 0.867. The normalized spacial score (nSPS) is 24.6. The van der Waals surface area contributed by atoms with Gasteiger partial charge in [-0.2, -0.15) is 0 Å². The van der Waals surface area contributed by atoms with E-state index in [-0.39, 0.29) is 11.9 Å². The first-order valence-corrected chi connectivity index (χ1v) is 7.79. The van der Waals surface area contributed by atoms with E-state index in [2.05, 4.69) is 0 Å². The first-order chi connectivity index (χ1) is 10.1. The number of hydrogen-bond donors (Lipinski definition) is 0. The lowest BCUT2D eigenvalue weighted by atomic mass is 9.94. The minimum atomic E-state index is -0.573. The largest absolute Gasteiger partial charge is 0.467 e. The van der Waals surface area contributed by atoms with Crippen molar-refractivity contribution in [1.29, 1.82) is 0 Å². The van der Waals surface area contributed by atoms with Gasteiger partial charge in [-0.3, -0.25) is 9.69 Å². The van der Waals surface area contributed by atoms with Gasteiger partial charge < -0.3 is 14.4 Å². The van der Waals surface area contributed by atoms with Crippen molar-refractivity contribution in [3.05, 3.63) is 0 Å². The summed E-state index contributed by atoms with van der Waals surface area (Å²) in [6, 6.07) is 0.378. The van der Waals surface area contributed by atoms with Crippen molar-refractivity contribution in [2.45, 2.75) is 44.2 Å². The van der Waals surface area contributed by atoms with Crippen LogP contribution in [0.1, 0.15) is 32.1 Å². The molecule has 0 aromatic carbocycles. The van der Waals surface area contributed by atoms with Crippen LogP contribution in [0.4, 0.5) is 0 Å². The molecular formula is C15H26N2O4. The van der Waals surface area contributed by atoms with E-state index in [1.807, 2.05) is 16.8 Å². The first-order valence-electron chi connectivity index (χ1n) is 7.79. The molecule has 0 aromatic heterocycles. The third kappa shape index (κ3) is 4.41. The molecule has 0 spiro atoms. The van der Waals surface area contributed by atoms with Gasteiger partial charge in [0, 0.05) is 26.2 Å². The number of ether oxygens (including phenoxy) is 2. The van der Waals surface area contributed by atoms with E-state index in [1.165, 1.54) is 26.4 Å². The van der Waals surface area contributed by atoms with Gasteiger partial charge in [-0.15, -0.1) is 0 Å². The van der Waals surface area contributed by atoms with Crippen molar-refractivity contribution in [2.24, 2.45) is 0 Å². The quantitative estimate of drug-likeness (QED) is 0.713. The van der Waals surface area contributed by atoms with Gasteiger partial charge in [0.15, 0.2) is 6.10 Å². The molecule has 120 valence electrons. The number of likely N-dealkylation sites (N-methyl/N-ethyl adjacent to an activating group) is 1. The Morgan fingerprint density at radius 3 is 2.67 bits per heavy atom. The zero-order valence-electron chi connectivity index (χ0n) is 13.0. The van der Waals surface area contributed by atoms with Gasteiger partial charge in [0.05, 0.1) is 20.3 Å². The van der Waals surface area contributed by atoms with Crippen LogP contribution in [-0.4, -0.2) is 74.2 Å². The van der Waals surface area contributed by atoms with Crippen LogP contribution in [0.5, 0.6) is 0 Å². The topological polar surface area (TPSA) is 59.1 Å². The molecule has 1 saturated carbocycles. The molecule has 1 heterocycles.